The quantitative estimate of drug-likeness (QED) is 0.327. The van der Waals surface area contributed by atoms with Crippen LogP contribution in [0.3, 0.4) is 0 Å². The minimum absolute atomic E-state index is 0.0436. The number of hydrogen-bond donors (Lipinski definition) is 0. The van der Waals surface area contributed by atoms with Crippen LogP contribution in [-0.2, 0) is 23.8 Å². The predicted molar refractivity (Wildman–Crippen MR) is 106 cm³/mol. The molecule has 0 atom stereocenters. The lowest BCUT2D eigenvalue weighted by Crippen LogP contribution is -2.07. The van der Waals surface area contributed by atoms with Crippen LogP contribution in [0.1, 0.15) is 69.8 Å². The lowest BCUT2D eigenvalue weighted by Gasteiger charge is -2.08. The van der Waals surface area contributed by atoms with Crippen LogP contribution in [0.4, 0.5) is 0 Å². The highest BCUT2D eigenvalue weighted by molar-refractivity contribution is 7.86. The molecule has 0 N–H and O–H groups in total. The van der Waals surface area contributed by atoms with Crippen LogP contribution in [0.5, 0.6) is 0 Å². The van der Waals surface area contributed by atoms with Crippen molar-refractivity contribution >= 4 is 10.1 Å². The molecule has 1 fully saturated rings. The summed E-state index contributed by atoms with van der Waals surface area (Å²) in [6, 6.07) is 6.76. The summed E-state index contributed by atoms with van der Waals surface area (Å²) < 4.78 is 40.1. The van der Waals surface area contributed by atoms with Crippen molar-refractivity contribution in [2.45, 2.75) is 82.3 Å². The maximum Gasteiger partial charge on any atom is 0.296 e. The van der Waals surface area contributed by atoms with E-state index in [1.165, 1.54) is 38.5 Å². The van der Waals surface area contributed by atoms with E-state index >= 15 is 0 Å². The average molecular weight is 399 g/mol. The van der Waals surface area contributed by atoms with Gasteiger partial charge in [-0.3, -0.25) is 4.18 Å². The second kappa shape index (κ2) is 12.5. The Balaban J connectivity index is 1.39. The Morgan fingerprint density at radius 1 is 0.852 bits per heavy atom. The third-order valence-corrected chi connectivity index (χ3v) is 6.15. The van der Waals surface area contributed by atoms with Crippen molar-refractivity contribution in [3.8, 4) is 0 Å². The van der Waals surface area contributed by atoms with Crippen molar-refractivity contribution in [3.63, 3.8) is 0 Å². The first-order valence-corrected chi connectivity index (χ1v) is 11.7. The van der Waals surface area contributed by atoms with Gasteiger partial charge in [0.05, 0.1) is 24.7 Å². The van der Waals surface area contributed by atoms with E-state index in [1.54, 1.807) is 24.3 Å². The van der Waals surface area contributed by atoms with Crippen LogP contribution >= 0.6 is 0 Å². The van der Waals surface area contributed by atoms with Gasteiger partial charge < -0.3 is 9.47 Å². The lowest BCUT2D eigenvalue weighted by molar-refractivity contribution is -0.0480. The smallest absolute Gasteiger partial charge is 0.296 e. The fourth-order valence-electron chi connectivity index (χ4n) is 3.17. The molecule has 1 aliphatic rings. The van der Waals surface area contributed by atoms with Crippen molar-refractivity contribution in [2.24, 2.45) is 0 Å². The van der Waals surface area contributed by atoms with E-state index in [9.17, 15) is 8.42 Å². The summed E-state index contributed by atoms with van der Waals surface area (Å²) in [4.78, 5) is 0.235. The number of ether oxygens (including phenoxy) is 2. The highest BCUT2D eigenvalue weighted by Gasteiger charge is 2.15. The summed E-state index contributed by atoms with van der Waals surface area (Å²) in [5.74, 6) is 0. The molecule has 5 nitrogen and oxygen atoms in total. The van der Waals surface area contributed by atoms with Gasteiger partial charge in [0.15, 0.2) is 6.29 Å². The lowest BCUT2D eigenvalue weighted by atomic mass is 10.1. The number of unbranched alkanes of at least 4 members (excludes halogenated alkanes) is 8. The first kappa shape index (κ1) is 22.3. The van der Waals surface area contributed by atoms with Crippen LogP contribution in [0.15, 0.2) is 29.2 Å². The Labute approximate surface area is 164 Å². The molecule has 2 rings (SSSR count). The van der Waals surface area contributed by atoms with E-state index in [0.29, 0.717) is 0 Å². The molecular formula is C21H34O5S. The SMILES string of the molecule is Cc1ccc(S(=O)(=O)OCCCCCCCCCCCC2OCCO2)cc1. The zero-order chi connectivity index (χ0) is 19.4. The molecule has 27 heavy (non-hydrogen) atoms. The van der Waals surface area contributed by atoms with Crippen molar-refractivity contribution in [2.75, 3.05) is 19.8 Å². The molecule has 0 spiro atoms. The number of aryl methyl sites for hydroxylation is 1. The maximum atomic E-state index is 12.0. The van der Waals surface area contributed by atoms with Crippen molar-refractivity contribution in [1.29, 1.82) is 0 Å². The van der Waals surface area contributed by atoms with E-state index in [2.05, 4.69) is 0 Å². The summed E-state index contributed by atoms with van der Waals surface area (Å²) in [5, 5.41) is 0. The number of rotatable bonds is 14. The molecule has 0 aromatic heterocycles. The van der Waals surface area contributed by atoms with Gasteiger partial charge in [-0.1, -0.05) is 62.6 Å². The predicted octanol–water partition coefficient (Wildman–Crippen LogP) is 4.97. The highest BCUT2D eigenvalue weighted by atomic mass is 32.2. The van der Waals surface area contributed by atoms with Gasteiger partial charge in [0.25, 0.3) is 10.1 Å². The minimum atomic E-state index is -3.61. The molecule has 0 amide bonds. The zero-order valence-corrected chi connectivity index (χ0v) is 17.3. The third-order valence-electron chi connectivity index (χ3n) is 4.82. The Hall–Kier alpha value is -0.950. The Morgan fingerprint density at radius 3 is 1.96 bits per heavy atom. The average Bonchev–Trinajstić information content (AvgIpc) is 3.16. The molecule has 0 aliphatic carbocycles. The summed E-state index contributed by atoms with van der Waals surface area (Å²) in [6.07, 6.45) is 11.4. The third kappa shape index (κ3) is 9.19. The highest BCUT2D eigenvalue weighted by Crippen LogP contribution is 2.16. The van der Waals surface area contributed by atoms with E-state index in [0.717, 1.165) is 44.5 Å². The molecule has 1 saturated heterocycles. The molecule has 1 aromatic rings. The van der Waals surface area contributed by atoms with Gasteiger partial charge in [0.2, 0.25) is 0 Å². The number of benzene rings is 1. The van der Waals surface area contributed by atoms with E-state index < -0.39 is 10.1 Å². The van der Waals surface area contributed by atoms with E-state index in [4.69, 9.17) is 13.7 Å². The summed E-state index contributed by atoms with van der Waals surface area (Å²) in [7, 11) is -3.61. The molecule has 0 radical (unpaired) electrons. The molecule has 1 aliphatic heterocycles. The molecule has 1 aromatic carbocycles. The minimum Gasteiger partial charge on any atom is -0.350 e. The van der Waals surface area contributed by atoms with Crippen LogP contribution in [0, 0.1) is 6.92 Å². The normalized spacial score (nSPS) is 15.4. The van der Waals surface area contributed by atoms with Gasteiger partial charge in [-0.2, -0.15) is 8.42 Å². The Kier molecular flexibility index (Phi) is 10.3. The first-order valence-electron chi connectivity index (χ1n) is 10.3. The molecule has 0 bridgehead atoms. The second-order valence-electron chi connectivity index (χ2n) is 7.23. The van der Waals surface area contributed by atoms with Crippen LogP contribution in [-0.4, -0.2) is 34.5 Å². The van der Waals surface area contributed by atoms with Gasteiger partial charge in [0.1, 0.15) is 0 Å². The second-order valence-corrected chi connectivity index (χ2v) is 8.85. The van der Waals surface area contributed by atoms with Crippen LogP contribution in [0.2, 0.25) is 0 Å². The molecule has 0 saturated carbocycles. The largest absolute Gasteiger partial charge is 0.350 e. The van der Waals surface area contributed by atoms with Crippen LogP contribution < -0.4 is 0 Å². The van der Waals surface area contributed by atoms with Crippen molar-refractivity contribution < 1.29 is 22.1 Å². The summed E-state index contributed by atoms with van der Waals surface area (Å²) in [5.41, 5.74) is 1.03. The van der Waals surface area contributed by atoms with Gasteiger partial charge in [-0.25, -0.2) is 0 Å². The summed E-state index contributed by atoms with van der Waals surface area (Å²) >= 11 is 0. The van der Waals surface area contributed by atoms with Crippen molar-refractivity contribution in [3.05, 3.63) is 29.8 Å². The van der Waals surface area contributed by atoms with Gasteiger partial charge >= 0.3 is 0 Å². The molecular weight excluding hydrogens is 364 g/mol. The van der Waals surface area contributed by atoms with Crippen molar-refractivity contribution in [1.82, 2.24) is 0 Å². The molecule has 1 heterocycles. The van der Waals surface area contributed by atoms with Crippen LogP contribution in [0.25, 0.3) is 0 Å². The van der Waals surface area contributed by atoms with E-state index in [1.807, 2.05) is 6.92 Å². The topological polar surface area (TPSA) is 61.8 Å². The standard InChI is InChI=1S/C21H34O5S/c1-19-12-14-20(15-13-19)27(22,23)26-16-10-8-6-4-2-3-5-7-9-11-21-24-17-18-25-21/h12-15,21H,2-11,16-18H2,1H3. The fraction of sp³-hybridized carbons (Fsp3) is 0.714. The van der Waals surface area contributed by atoms with Gasteiger partial charge in [-0.05, 0) is 38.3 Å². The first-order chi connectivity index (χ1) is 13.1. The van der Waals surface area contributed by atoms with Gasteiger partial charge in [0, 0.05) is 0 Å². The molecule has 154 valence electrons. The maximum absolute atomic E-state index is 12.0. The Bertz CT molecular complexity index is 606. The fourth-order valence-corrected chi connectivity index (χ4v) is 4.11. The molecule has 6 heteroatoms. The summed E-state index contributed by atoms with van der Waals surface area (Å²) in [6.45, 7) is 3.68. The van der Waals surface area contributed by atoms with Gasteiger partial charge in [-0.15, -0.1) is 0 Å². The number of hydrogen-bond acceptors (Lipinski definition) is 5. The zero-order valence-electron chi connectivity index (χ0n) is 16.5. The Morgan fingerprint density at radius 2 is 1.37 bits per heavy atom. The monoisotopic (exact) mass is 398 g/mol. The molecule has 0 unspecified atom stereocenters. The van der Waals surface area contributed by atoms with E-state index in [-0.39, 0.29) is 17.8 Å².